The van der Waals surface area contributed by atoms with E-state index >= 15 is 0 Å². The van der Waals surface area contributed by atoms with E-state index in [1.807, 2.05) is 4.90 Å². The minimum atomic E-state index is 0.211. The molecule has 2 aliphatic rings. The molecular weight excluding hydrogens is 178 g/mol. The molecule has 2 unspecified atom stereocenters. The molecule has 4 nitrogen and oxygen atoms in total. The molecule has 3 N–H and O–H groups in total. The van der Waals surface area contributed by atoms with Crippen LogP contribution in [0.15, 0.2) is 0 Å². The van der Waals surface area contributed by atoms with Crippen molar-refractivity contribution < 1.29 is 4.79 Å². The van der Waals surface area contributed by atoms with Gasteiger partial charge in [0.1, 0.15) is 0 Å². The van der Waals surface area contributed by atoms with E-state index in [0.717, 1.165) is 45.4 Å². The Morgan fingerprint density at radius 2 is 2.00 bits per heavy atom. The molecule has 4 heteroatoms. The molecule has 1 saturated carbocycles. The third-order valence-corrected chi connectivity index (χ3v) is 3.25. The number of rotatable bonds is 1. The second-order valence-corrected chi connectivity index (χ2v) is 4.35. The predicted molar refractivity (Wildman–Crippen MR) is 54.8 cm³/mol. The number of hydrogen-bond donors (Lipinski definition) is 2. The van der Waals surface area contributed by atoms with Gasteiger partial charge in [0.15, 0.2) is 0 Å². The Kier molecular flexibility index (Phi) is 3.03. The van der Waals surface area contributed by atoms with E-state index in [-0.39, 0.29) is 12.0 Å². The highest BCUT2D eigenvalue weighted by atomic mass is 16.2. The van der Waals surface area contributed by atoms with E-state index in [1.54, 1.807) is 0 Å². The summed E-state index contributed by atoms with van der Waals surface area (Å²) in [5.74, 6) is 0.544. The van der Waals surface area contributed by atoms with Gasteiger partial charge in [0, 0.05) is 38.1 Å². The number of nitrogens with one attached hydrogen (secondary N) is 1. The summed E-state index contributed by atoms with van der Waals surface area (Å²) >= 11 is 0. The Morgan fingerprint density at radius 1 is 1.29 bits per heavy atom. The van der Waals surface area contributed by atoms with Crippen LogP contribution in [-0.2, 0) is 4.79 Å². The quantitative estimate of drug-likeness (QED) is 0.598. The van der Waals surface area contributed by atoms with Gasteiger partial charge in [0.2, 0.25) is 5.91 Å². The van der Waals surface area contributed by atoms with E-state index in [9.17, 15) is 4.79 Å². The second-order valence-electron chi connectivity index (χ2n) is 4.35. The molecule has 80 valence electrons. The lowest BCUT2D eigenvalue weighted by Crippen LogP contribution is -2.48. The molecule has 0 aromatic rings. The first-order valence-corrected chi connectivity index (χ1v) is 5.52. The summed E-state index contributed by atoms with van der Waals surface area (Å²) in [5.41, 5.74) is 5.81. The zero-order chi connectivity index (χ0) is 9.97. The molecule has 0 aromatic carbocycles. The molecule has 1 saturated heterocycles. The average molecular weight is 197 g/mol. The van der Waals surface area contributed by atoms with Gasteiger partial charge < -0.3 is 16.0 Å². The van der Waals surface area contributed by atoms with Gasteiger partial charge in [-0.05, 0) is 19.3 Å². The summed E-state index contributed by atoms with van der Waals surface area (Å²) in [4.78, 5) is 14.0. The van der Waals surface area contributed by atoms with Crippen LogP contribution in [0.1, 0.15) is 19.3 Å². The monoisotopic (exact) mass is 197 g/mol. The first-order chi connectivity index (χ1) is 6.77. The van der Waals surface area contributed by atoms with Crippen molar-refractivity contribution in [2.75, 3.05) is 26.2 Å². The SMILES string of the molecule is NC1CCC(C(=O)N2CCNCC2)C1. The van der Waals surface area contributed by atoms with Crippen molar-refractivity contribution in [3.63, 3.8) is 0 Å². The number of carbonyl (C=O) groups is 1. The van der Waals surface area contributed by atoms with Crippen molar-refractivity contribution in [3.05, 3.63) is 0 Å². The Labute approximate surface area is 84.8 Å². The Bertz CT molecular complexity index is 207. The van der Waals surface area contributed by atoms with E-state index in [1.165, 1.54) is 0 Å². The fourth-order valence-electron chi connectivity index (χ4n) is 2.38. The van der Waals surface area contributed by atoms with Gasteiger partial charge in [-0.15, -0.1) is 0 Å². The molecule has 1 amide bonds. The molecule has 0 radical (unpaired) electrons. The molecule has 1 aliphatic heterocycles. The standard InChI is InChI=1S/C10H19N3O/c11-9-2-1-8(7-9)10(14)13-5-3-12-4-6-13/h8-9,12H,1-7,11H2. The molecule has 0 aromatic heterocycles. The Hall–Kier alpha value is -0.610. The smallest absolute Gasteiger partial charge is 0.225 e. The Balaban J connectivity index is 1.87. The number of nitrogens with two attached hydrogens (primary N) is 1. The van der Waals surface area contributed by atoms with Crippen LogP contribution in [0, 0.1) is 5.92 Å². The zero-order valence-corrected chi connectivity index (χ0v) is 8.54. The molecule has 1 aliphatic carbocycles. The van der Waals surface area contributed by atoms with Crippen LogP contribution in [-0.4, -0.2) is 43.0 Å². The van der Waals surface area contributed by atoms with Crippen molar-refractivity contribution in [3.8, 4) is 0 Å². The maximum Gasteiger partial charge on any atom is 0.225 e. The van der Waals surface area contributed by atoms with Crippen molar-refractivity contribution in [1.29, 1.82) is 0 Å². The van der Waals surface area contributed by atoms with Crippen LogP contribution in [0.4, 0.5) is 0 Å². The minimum Gasteiger partial charge on any atom is -0.340 e. The Morgan fingerprint density at radius 3 is 2.57 bits per heavy atom. The van der Waals surface area contributed by atoms with Gasteiger partial charge in [-0.2, -0.15) is 0 Å². The van der Waals surface area contributed by atoms with Gasteiger partial charge in [-0.25, -0.2) is 0 Å². The molecule has 0 spiro atoms. The zero-order valence-electron chi connectivity index (χ0n) is 8.54. The number of amides is 1. The van der Waals surface area contributed by atoms with Crippen molar-refractivity contribution in [2.45, 2.75) is 25.3 Å². The molecule has 2 rings (SSSR count). The van der Waals surface area contributed by atoms with Crippen molar-refractivity contribution in [1.82, 2.24) is 10.2 Å². The number of carbonyl (C=O) groups excluding carboxylic acids is 1. The largest absolute Gasteiger partial charge is 0.340 e. The molecular formula is C10H19N3O. The summed E-state index contributed by atoms with van der Waals surface area (Å²) in [6.45, 7) is 3.60. The van der Waals surface area contributed by atoms with Crippen LogP contribution in [0.2, 0.25) is 0 Å². The fraction of sp³-hybridized carbons (Fsp3) is 0.900. The maximum absolute atomic E-state index is 12.0. The first kappa shape index (κ1) is 9.93. The highest BCUT2D eigenvalue weighted by molar-refractivity contribution is 5.79. The highest BCUT2D eigenvalue weighted by Gasteiger charge is 2.31. The normalized spacial score (nSPS) is 33.4. The van der Waals surface area contributed by atoms with E-state index < -0.39 is 0 Å². The third-order valence-electron chi connectivity index (χ3n) is 3.25. The molecule has 2 atom stereocenters. The van der Waals surface area contributed by atoms with Gasteiger partial charge in [0.05, 0.1) is 0 Å². The summed E-state index contributed by atoms with van der Waals surface area (Å²) in [6, 6.07) is 0.256. The van der Waals surface area contributed by atoms with Crippen LogP contribution >= 0.6 is 0 Å². The molecule has 0 bridgehead atoms. The van der Waals surface area contributed by atoms with E-state index in [0.29, 0.717) is 5.91 Å². The molecule has 2 fully saturated rings. The van der Waals surface area contributed by atoms with Gasteiger partial charge in [-0.1, -0.05) is 0 Å². The molecule has 14 heavy (non-hydrogen) atoms. The average Bonchev–Trinajstić information content (AvgIpc) is 2.65. The van der Waals surface area contributed by atoms with E-state index in [4.69, 9.17) is 5.73 Å². The van der Waals surface area contributed by atoms with Crippen molar-refractivity contribution in [2.24, 2.45) is 11.7 Å². The summed E-state index contributed by atoms with van der Waals surface area (Å²) in [5, 5.41) is 3.25. The van der Waals surface area contributed by atoms with Gasteiger partial charge >= 0.3 is 0 Å². The maximum atomic E-state index is 12.0. The van der Waals surface area contributed by atoms with Crippen LogP contribution < -0.4 is 11.1 Å². The highest BCUT2D eigenvalue weighted by Crippen LogP contribution is 2.25. The van der Waals surface area contributed by atoms with Crippen LogP contribution in [0.5, 0.6) is 0 Å². The van der Waals surface area contributed by atoms with Crippen LogP contribution in [0.25, 0.3) is 0 Å². The van der Waals surface area contributed by atoms with Crippen LogP contribution in [0.3, 0.4) is 0 Å². The summed E-state index contributed by atoms with van der Waals surface area (Å²) in [7, 11) is 0. The predicted octanol–water partition coefficient (Wildman–Crippen LogP) is -0.454. The third kappa shape index (κ3) is 2.07. The lowest BCUT2D eigenvalue weighted by molar-refractivity contribution is -0.135. The minimum absolute atomic E-state index is 0.211. The topological polar surface area (TPSA) is 58.4 Å². The van der Waals surface area contributed by atoms with E-state index in [2.05, 4.69) is 5.32 Å². The summed E-state index contributed by atoms with van der Waals surface area (Å²) in [6.07, 6.45) is 2.90. The number of piperazine rings is 1. The lowest BCUT2D eigenvalue weighted by atomic mass is 10.1. The van der Waals surface area contributed by atoms with Gasteiger partial charge in [-0.3, -0.25) is 4.79 Å². The summed E-state index contributed by atoms with van der Waals surface area (Å²) < 4.78 is 0. The second kappa shape index (κ2) is 4.28. The number of nitrogens with zero attached hydrogens (tertiary/aromatic N) is 1. The van der Waals surface area contributed by atoms with Crippen molar-refractivity contribution >= 4 is 5.91 Å². The van der Waals surface area contributed by atoms with Gasteiger partial charge in [0.25, 0.3) is 0 Å². The number of hydrogen-bond acceptors (Lipinski definition) is 3. The fourth-order valence-corrected chi connectivity index (χ4v) is 2.38. The first-order valence-electron chi connectivity index (χ1n) is 5.52. The lowest BCUT2D eigenvalue weighted by Gasteiger charge is -2.29. The molecule has 1 heterocycles.